The average Bonchev–Trinajstić information content (AvgIpc) is 3.64. The minimum absolute atomic E-state index is 0.107. The minimum atomic E-state index is -2.63. The Morgan fingerprint density at radius 3 is 2.83 bits per heavy atom. The summed E-state index contributed by atoms with van der Waals surface area (Å²) in [5.74, 6) is 3.03. The second-order valence-corrected chi connectivity index (χ2v) is 9.39. The Balaban J connectivity index is 0.00000216. The highest BCUT2D eigenvalue weighted by Crippen LogP contribution is 2.39. The number of carbonyl (C=O) groups is 1. The van der Waals surface area contributed by atoms with Crippen molar-refractivity contribution in [3.05, 3.63) is 35.9 Å². The summed E-state index contributed by atoms with van der Waals surface area (Å²) < 4.78 is 33.2. The smallest absolute Gasteiger partial charge is 0.407 e. The highest BCUT2D eigenvalue weighted by molar-refractivity contribution is 7.39. The molecule has 4 N–H and O–H groups in total. The van der Waals surface area contributed by atoms with Crippen LogP contribution in [0.25, 0.3) is 5.52 Å². The number of anilines is 2. The molecular formula is C25H31FN7O6P. The van der Waals surface area contributed by atoms with E-state index in [1.54, 1.807) is 30.1 Å². The third kappa shape index (κ3) is 8.11. The van der Waals surface area contributed by atoms with Crippen LogP contribution in [-0.4, -0.2) is 66.2 Å². The fourth-order valence-corrected chi connectivity index (χ4v) is 4.43. The second-order valence-electron chi connectivity index (χ2n) is 8.63. The fraction of sp³-hybridized carbons (Fsp3) is 0.440. The lowest BCUT2D eigenvalue weighted by Crippen LogP contribution is -2.31. The number of alkyl carbamates (subject to hydrolysis) is 1. The summed E-state index contributed by atoms with van der Waals surface area (Å²) in [5, 5.41) is 14.7. The van der Waals surface area contributed by atoms with Gasteiger partial charge in [0.2, 0.25) is 0 Å². The van der Waals surface area contributed by atoms with Crippen molar-refractivity contribution in [1.29, 1.82) is 0 Å². The van der Waals surface area contributed by atoms with Gasteiger partial charge in [-0.25, -0.2) is 23.4 Å². The highest BCUT2D eigenvalue weighted by atomic mass is 31.2. The van der Waals surface area contributed by atoms with Crippen LogP contribution in [0.3, 0.4) is 0 Å². The first-order chi connectivity index (χ1) is 19.4. The molecule has 0 bridgehead atoms. The minimum Gasteiger partial charge on any atom is -0.443 e. The number of methoxy groups -OCH3 is 1. The van der Waals surface area contributed by atoms with E-state index in [0.717, 1.165) is 0 Å². The van der Waals surface area contributed by atoms with Gasteiger partial charge in [0.25, 0.3) is 0 Å². The number of halogens is 1. The molecule has 0 aliphatic heterocycles. The van der Waals surface area contributed by atoms with E-state index in [-0.39, 0.29) is 25.5 Å². The van der Waals surface area contributed by atoms with Crippen LogP contribution >= 0.6 is 8.60 Å². The number of hydrogen-bond donors (Lipinski definition) is 4. The lowest BCUT2D eigenvalue weighted by Gasteiger charge is -2.14. The van der Waals surface area contributed by atoms with Crippen LogP contribution in [0.2, 0.25) is 0 Å². The Morgan fingerprint density at radius 2 is 2.10 bits per heavy atom. The van der Waals surface area contributed by atoms with Gasteiger partial charge in [-0.05, 0) is 25.3 Å². The number of amides is 1. The molecule has 0 radical (unpaired) electrons. The number of fused-ring (bicyclic) bond motifs is 1. The molecule has 3 aromatic rings. The van der Waals surface area contributed by atoms with Crippen LogP contribution in [0.1, 0.15) is 43.0 Å². The Labute approximate surface area is 232 Å². The first-order valence-corrected chi connectivity index (χ1v) is 13.4. The van der Waals surface area contributed by atoms with Crippen molar-refractivity contribution < 1.29 is 33.0 Å². The monoisotopic (exact) mass is 575 g/mol. The zero-order valence-electron chi connectivity index (χ0n) is 21.8. The number of unbranched alkanes of at least 4 members (excludes halogenated alkanes) is 1. The lowest BCUT2D eigenvalue weighted by atomic mass is 10.0. The molecule has 0 spiro atoms. The van der Waals surface area contributed by atoms with Crippen LogP contribution in [-0.2, 0) is 27.3 Å². The highest BCUT2D eigenvalue weighted by Gasteiger charge is 2.39. The van der Waals surface area contributed by atoms with E-state index >= 15 is 0 Å². The molecule has 3 aromatic heterocycles. The maximum absolute atomic E-state index is 14.8. The van der Waals surface area contributed by atoms with Gasteiger partial charge >= 0.3 is 14.7 Å². The molecule has 0 aromatic carbocycles. The number of aromatic nitrogens is 5. The molecule has 15 heteroatoms. The number of rotatable bonds is 12. The Hall–Kier alpha value is -3.78. The van der Waals surface area contributed by atoms with Crippen molar-refractivity contribution in [1.82, 2.24) is 29.7 Å². The van der Waals surface area contributed by atoms with Gasteiger partial charge in [0, 0.05) is 44.5 Å². The number of alkyl halides is 1. The summed E-state index contributed by atoms with van der Waals surface area (Å²) in [6.07, 6.45) is 15.0. The van der Waals surface area contributed by atoms with Crippen molar-refractivity contribution in [3.63, 3.8) is 0 Å². The molecule has 1 aliphatic rings. The normalized spacial score (nSPS) is 18.2. The Morgan fingerprint density at radius 1 is 1.30 bits per heavy atom. The summed E-state index contributed by atoms with van der Waals surface area (Å²) in [5.41, 5.74) is 1.91. The van der Waals surface area contributed by atoms with Crippen LogP contribution in [0.15, 0.2) is 24.5 Å². The van der Waals surface area contributed by atoms with Crippen LogP contribution < -0.4 is 10.6 Å². The maximum Gasteiger partial charge on any atom is 0.407 e. The standard InChI is InChI=1S/C23H29FN7O6P.C2H2/c1-3-4-5-6-26-23(32)37-20-10-15(9-17(20)24)18-12-21(31(29-18)14-36-38(33)34)27-22-19-11-16(13-35-2)28-30(19)8-7-25-22;1-2/h1,7-8,11-12,15,17,20,33-34H,4-6,9-10,13-14H2,2H3,(H,25,27)(H,26,32);1-2H. The molecular weight excluding hydrogens is 544 g/mol. The topological polar surface area (TPSA) is 157 Å². The zero-order valence-corrected chi connectivity index (χ0v) is 22.7. The molecule has 1 fully saturated rings. The predicted molar refractivity (Wildman–Crippen MR) is 145 cm³/mol. The SMILES string of the molecule is C#C.C#CCCCNC(=O)OC1CC(c2cc(Nc3nccn4nc(COC)cc34)n(COP(O)O)n2)CC1F. The van der Waals surface area contributed by atoms with Gasteiger partial charge in [-0.1, -0.05) is 0 Å². The second kappa shape index (κ2) is 15.1. The first kappa shape index (κ1) is 30.8. The molecule has 40 heavy (non-hydrogen) atoms. The largest absolute Gasteiger partial charge is 0.443 e. The van der Waals surface area contributed by atoms with Crippen molar-refractivity contribution in [2.45, 2.75) is 57.2 Å². The molecule has 1 amide bonds. The number of carbonyl (C=O) groups excluding carboxylic acids is 1. The molecule has 13 nitrogen and oxygen atoms in total. The maximum atomic E-state index is 14.8. The number of nitrogens with zero attached hydrogens (tertiary/aromatic N) is 5. The number of nitrogens with one attached hydrogen (secondary N) is 2. The molecule has 0 saturated heterocycles. The summed E-state index contributed by atoms with van der Waals surface area (Å²) in [7, 11) is -1.05. The molecule has 3 heterocycles. The van der Waals surface area contributed by atoms with Crippen LogP contribution in [0.5, 0.6) is 0 Å². The molecule has 4 rings (SSSR count). The third-order valence-corrected chi connectivity index (χ3v) is 6.29. The van der Waals surface area contributed by atoms with E-state index in [1.807, 2.05) is 6.07 Å². The number of terminal acetylenes is 2. The van der Waals surface area contributed by atoms with E-state index in [2.05, 4.69) is 44.6 Å². The lowest BCUT2D eigenvalue weighted by molar-refractivity contribution is 0.0607. The van der Waals surface area contributed by atoms with E-state index in [9.17, 15) is 19.0 Å². The van der Waals surface area contributed by atoms with Crippen molar-refractivity contribution in [2.24, 2.45) is 0 Å². The summed E-state index contributed by atoms with van der Waals surface area (Å²) in [6.45, 7) is 0.398. The van der Waals surface area contributed by atoms with Gasteiger partial charge in [0.15, 0.2) is 5.82 Å². The summed E-state index contributed by atoms with van der Waals surface area (Å²) >= 11 is 0. The number of ether oxygens (including phenoxy) is 2. The molecule has 3 atom stereocenters. The summed E-state index contributed by atoms with van der Waals surface area (Å²) in [6, 6.07) is 3.53. The predicted octanol–water partition coefficient (Wildman–Crippen LogP) is 2.97. The van der Waals surface area contributed by atoms with E-state index in [1.165, 1.54) is 4.68 Å². The molecule has 1 aliphatic carbocycles. The van der Waals surface area contributed by atoms with Crippen molar-refractivity contribution in [2.75, 3.05) is 19.0 Å². The molecule has 1 saturated carbocycles. The van der Waals surface area contributed by atoms with Crippen molar-refractivity contribution in [3.8, 4) is 25.2 Å². The van der Waals surface area contributed by atoms with Gasteiger partial charge in [0.05, 0.1) is 18.0 Å². The van der Waals surface area contributed by atoms with Crippen LogP contribution in [0, 0.1) is 25.2 Å². The fourth-order valence-electron chi connectivity index (χ4n) is 4.22. The first-order valence-electron chi connectivity index (χ1n) is 12.2. The van der Waals surface area contributed by atoms with Gasteiger partial charge in [-0.2, -0.15) is 10.2 Å². The zero-order chi connectivity index (χ0) is 29.1. The number of hydrogen-bond acceptors (Lipinski definition) is 10. The van der Waals surface area contributed by atoms with E-state index < -0.39 is 27.0 Å². The summed E-state index contributed by atoms with van der Waals surface area (Å²) in [4.78, 5) is 34.9. The molecule has 214 valence electrons. The quantitative estimate of drug-likeness (QED) is 0.144. The Kier molecular flexibility index (Phi) is 11.6. The van der Waals surface area contributed by atoms with Gasteiger partial charge in [0.1, 0.15) is 30.3 Å². The average molecular weight is 576 g/mol. The molecule has 3 unspecified atom stereocenters. The third-order valence-electron chi connectivity index (χ3n) is 5.95. The van der Waals surface area contributed by atoms with Gasteiger partial charge in [-0.15, -0.1) is 25.2 Å². The van der Waals surface area contributed by atoms with Crippen molar-refractivity contribution >= 4 is 31.8 Å². The van der Waals surface area contributed by atoms with Crippen LogP contribution in [0.4, 0.5) is 20.8 Å². The van der Waals surface area contributed by atoms with E-state index in [0.29, 0.717) is 54.5 Å². The Bertz CT molecular complexity index is 1320. The van der Waals surface area contributed by atoms with Gasteiger partial charge in [-0.3, -0.25) is 4.52 Å². The van der Waals surface area contributed by atoms with E-state index in [4.69, 9.17) is 20.4 Å². The van der Waals surface area contributed by atoms with Gasteiger partial charge < -0.3 is 29.9 Å².